The second-order valence-electron chi connectivity index (χ2n) is 4.02. The maximum absolute atomic E-state index is 11.6. The predicted octanol–water partition coefficient (Wildman–Crippen LogP) is 3.36. The molecule has 1 N–H and O–H groups in total. The van der Waals surface area contributed by atoms with Crippen molar-refractivity contribution in [2.45, 2.75) is 4.71 Å². The first kappa shape index (κ1) is 12.4. The van der Waals surface area contributed by atoms with Crippen LogP contribution in [0.5, 0.6) is 0 Å². The predicted molar refractivity (Wildman–Crippen MR) is 80.6 cm³/mol. The number of hydrogen-bond acceptors (Lipinski definition) is 4. The van der Waals surface area contributed by atoms with Crippen LogP contribution in [-0.4, -0.2) is 10.6 Å². The van der Waals surface area contributed by atoms with Crippen LogP contribution in [0, 0.1) is 0 Å². The molecule has 1 unspecified atom stereocenters. The average Bonchev–Trinajstić information content (AvgIpc) is 2.99. The molecule has 1 aromatic heterocycles. The number of nitrogens with one attached hydrogen (secondary N) is 1. The topological polar surface area (TPSA) is 42.2 Å². The first-order valence-electron chi connectivity index (χ1n) is 5.75. The van der Waals surface area contributed by atoms with E-state index >= 15 is 0 Å². The van der Waals surface area contributed by atoms with Crippen LogP contribution in [0.25, 0.3) is 17.4 Å². The maximum Gasteiger partial charge on any atom is 0.259 e. The fourth-order valence-electron chi connectivity index (χ4n) is 1.80. The van der Waals surface area contributed by atoms with E-state index in [2.05, 4.69) is 17.9 Å². The van der Waals surface area contributed by atoms with Crippen LogP contribution in [0.2, 0.25) is 0 Å². The minimum atomic E-state index is -0.178. The van der Waals surface area contributed by atoms with E-state index in [-0.39, 0.29) is 10.6 Å². The van der Waals surface area contributed by atoms with E-state index in [1.165, 1.54) is 11.8 Å². The molecule has 1 aromatic carbocycles. The maximum atomic E-state index is 11.6. The largest absolute Gasteiger partial charge is 0.457 e. The SMILES string of the molecule is O=C1NC(S)S/C1=C\c1ccc(-c2ccccc2)o1. The molecule has 2 aromatic rings. The molecule has 1 amide bonds. The number of benzene rings is 1. The highest BCUT2D eigenvalue weighted by Gasteiger charge is 2.24. The molecule has 1 fully saturated rings. The normalized spacial score (nSPS) is 20.8. The third-order valence-corrected chi connectivity index (χ3v) is 4.02. The molecule has 2 heterocycles. The number of furan rings is 1. The van der Waals surface area contributed by atoms with Crippen molar-refractivity contribution in [3.63, 3.8) is 0 Å². The molecule has 1 saturated heterocycles. The Morgan fingerprint density at radius 3 is 2.68 bits per heavy atom. The molecule has 1 aliphatic rings. The Morgan fingerprint density at radius 1 is 1.21 bits per heavy atom. The molecule has 1 atom stereocenters. The lowest BCUT2D eigenvalue weighted by Gasteiger charge is -1.95. The zero-order chi connectivity index (χ0) is 13.2. The quantitative estimate of drug-likeness (QED) is 0.658. The van der Waals surface area contributed by atoms with Gasteiger partial charge in [0.2, 0.25) is 0 Å². The van der Waals surface area contributed by atoms with Gasteiger partial charge in [-0.2, -0.15) is 0 Å². The molecule has 0 saturated carbocycles. The highest BCUT2D eigenvalue weighted by molar-refractivity contribution is 8.14. The lowest BCUT2D eigenvalue weighted by Crippen LogP contribution is -2.19. The van der Waals surface area contributed by atoms with Crippen LogP contribution < -0.4 is 5.32 Å². The summed E-state index contributed by atoms with van der Waals surface area (Å²) < 4.78 is 5.54. The van der Waals surface area contributed by atoms with Gasteiger partial charge in [-0.15, -0.1) is 12.6 Å². The molecule has 5 heteroatoms. The van der Waals surface area contributed by atoms with Gasteiger partial charge in [0.1, 0.15) is 16.2 Å². The lowest BCUT2D eigenvalue weighted by molar-refractivity contribution is -0.116. The van der Waals surface area contributed by atoms with Crippen molar-refractivity contribution in [1.82, 2.24) is 5.32 Å². The Morgan fingerprint density at radius 2 is 2.00 bits per heavy atom. The molecule has 1 aliphatic heterocycles. The number of thiol groups is 1. The Balaban J connectivity index is 1.87. The average molecular weight is 289 g/mol. The second kappa shape index (κ2) is 5.19. The summed E-state index contributed by atoms with van der Waals surface area (Å²) in [6.07, 6.45) is 1.74. The van der Waals surface area contributed by atoms with E-state index in [0.717, 1.165) is 11.3 Å². The number of rotatable bonds is 2. The Bertz CT molecular complexity index is 634. The van der Waals surface area contributed by atoms with Crippen molar-refractivity contribution in [2.75, 3.05) is 0 Å². The third kappa shape index (κ3) is 2.72. The summed E-state index contributed by atoms with van der Waals surface area (Å²) in [5.74, 6) is 1.35. The standard InChI is InChI=1S/C14H11NO2S2/c16-13-12(19-14(18)15-13)8-10-6-7-11(17-10)9-4-2-1-3-5-9/h1-8,14,18H,(H,15,16)/b12-8-. The summed E-state index contributed by atoms with van der Waals surface area (Å²) in [4.78, 5) is 12.2. The molecular formula is C14H11NO2S2. The van der Waals surface area contributed by atoms with E-state index in [4.69, 9.17) is 4.42 Å². The molecule has 3 nitrogen and oxygen atoms in total. The van der Waals surface area contributed by atoms with Gasteiger partial charge in [0.15, 0.2) is 0 Å². The summed E-state index contributed by atoms with van der Waals surface area (Å²) in [5, 5.41) is 2.70. The minimum Gasteiger partial charge on any atom is -0.457 e. The Hall–Kier alpha value is -1.59. The molecule has 96 valence electrons. The van der Waals surface area contributed by atoms with Gasteiger partial charge in [-0.1, -0.05) is 42.1 Å². The Labute approximate surface area is 120 Å². The summed E-state index contributed by atoms with van der Waals surface area (Å²) in [6, 6.07) is 13.6. The highest BCUT2D eigenvalue weighted by Crippen LogP contribution is 2.32. The number of carbonyl (C=O) groups is 1. The van der Waals surface area contributed by atoms with Gasteiger partial charge in [0.05, 0.1) is 4.91 Å². The van der Waals surface area contributed by atoms with Crippen LogP contribution in [0.15, 0.2) is 51.8 Å². The smallest absolute Gasteiger partial charge is 0.259 e. The zero-order valence-electron chi connectivity index (χ0n) is 9.87. The van der Waals surface area contributed by atoms with E-state index in [9.17, 15) is 4.79 Å². The van der Waals surface area contributed by atoms with Gasteiger partial charge in [-0.25, -0.2) is 0 Å². The number of thioether (sulfide) groups is 1. The van der Waals surface area contributed by atoms with Crippen molar-refractivity contribution in [3.8, 4) is 11.3 Å². The number of amides is 1. The van der Waals surface area contributed by atoms with Crippen LogP contribution in [0.3, 0.4) is 0 Å². The van der Waals surface area contributed by atoms with Crippen molar-refractivity contribution in [2.24, 2.45) is 0 Å². The van der Waals surface area contributed by atoms with Crippen LogP contribution in [0.1, 0.15) is 5.76 Å². The van der Waals surface area contributed by atoms with Crippen molar-refractivity contribution in [1.29, 1.82) is 0 Å². The Kier molecular flexibility index (Phi) is 3.40. The summed E-state index contributed by atoms with van der Waals surface area (Å²) in [7, 11) is 0. The van der Waals surface area contributed by atoms with E-state index < -0.39 is 0 Å². The number of carbonyl (C=O) groups excluding carboxylic acids is 1. The van der Waals surface area contributed by atoms with Crippen LogP contribution in [0.4, 0.5) is 0 Å². The van der Waals surface area contributed by atoms with E-state index in [0.29, 0.717) is 10.7 Å². The van der Waals surface area contributed by atoms with Crippen LogP contribution in [-0.2, 0) is 4.79 Å². The second-order valence-corrected chi connectivity index (χ2v) is 6.03. The molecule has 0 spiro atoms. The molecule has 0 aliphatic carbocycles. The molecule has 0 bridgehead atoms. The molecular weight excluding hydrogens is 278 g/mol. The van der Waals surface area contributed by atoms with Gasteiger partial charge in [0.25, 0.3) is 5.91 Å². The first-order valence-corrected chi connectivity index (χ1v) is 7.14. The highest BCUT2D eigenvalue weighted by atomic mass is 32.2. The van der Waals surface area contributed by atoms with E-state index in [1.807, 2.05) is 42.5 Å². The van der Waals surface area contributed by atoms with Crippen molar-refractivity contribution >= 4 is 36.4 Å². The van der Waals surface area contributed by atoms with E-state index in [1.54, 1.807) is 6.08 Å². The lowest BCUT2D eigenvalue weighted by atomic mass is 10.2. The molecule has 3 rings (SSSR count). The van der Waals surface area contributed by atoms with Crippen LogP contribution >= 0.6 is 24.4 Å². The van der Waals surface area contributed by atoms with Gasteiger partial charge in [0, 0.05) is 11.6 Å². The zero-order valence-corrected chi connectivity index (χ0v) is 11.6. The summed E-state index contributed by atoms with van der Waals surface area (Å²) in [6.45, 7) is 0. The monoisotopic (exact) mass is 289 g/mol. The first-order chi connectivity index (χ1) is 9.22. The van der Waals surface area contributed by atoms with Crippen molar-refractivity contribution < 1.29 is 9.21 Å². The third-order valence-electron chi connectivity index (χ3n) is 2.68. The fraction of sp³-hybridized carbons (Fsp3) is 0.0714. The van der Waals surface area contributed by atoms with Gasteiger partial charge < -0.3 is 9.73 Å². The van der Waals surface area contributed by atoms with Gasteiger partial charge in [-0.05, 0) is 12.1 Å². The minimum absolute atomic E-state index is 0.109. The summed E-state index contributed by atoms with van der Waals surface area (Å²) >= 11 is 5.58. The van der Waals surface area contributed by atoms with Gasteiger partial charge >= 0.3 is 0 Å². The molecule has 0 radical (unpaired) electrons. The molecule has 19 heavy (non-hydrogen) atoms. The summed E-state index contributed by atoms with van der Waals surface area (Å²) in [5.41, 5.74) is 1.02. The fourth-order valence-corrected chi connectivity index (χ4v) is 3.02. The van der Waals surface area contributed by atoms with Crippen molar-refractivity contribution in [3.05, 3.63) is 53.1 Å². The number of hydrogen-bond donors (Lipinski definition) is 2. The van der Waals surface area contributed by atoms with Gasteiger partial charge in [-0.3, -0.25) is 4.79 Å².